The van der Waals surface area contributed by atoms with Gasteiger partial charge in [-0.05, 0) is 57.8 Å². The molecule has 0 bridgehead atoms. The van der Waals surface area contributed by atoms with Crippen molar-refractivity contribution in [3.63, 3.8) is 0 Å². The molecule has 0 aromatic heterocycles. The van der Waals surface area contributed by atoms with Crippen LogP contribution in [0.5, 0.6) is 0 Å². The van der Waals surface area contributed by atoms with Crippen LogP contribution < -0.4 is 0 Å². The molecular weight excluding hydrogens is 830 g/mol. The monoisotopic (exact) mass is 935 g/mol. The number of carbonyl (C=O) groups is 1. The Kier molecular flexibility index (Phi) is 47.3. The first-order chi connectivity index (χ1) is 31.6. The zero-order chi connectivity index (χ0) is 47.6. The topological polar surface area (TPSA) is 91.3 Å². The minimum Gasteiger partial charge on any atom is -0.457 e. The molecule has 0 rings (SSSR count). The van der Waals surface area contributed by atoms with Crippen molar-refractivity contribution in [2.75, 3.05) is 54.1 Å². The van der Waals surface area contributed by atoms with Gasteiger partial charge in [-0.1, -0.05) is 229 Å². The van der Waals surface area contributed by atoms with Crippen molar-refractivity contribution in [3.05, 3.63) is 60.8 Å². The Hall–Kier alpha value is -1.80. The van der Waals surface area contributed by atoms with E-state index in [1.54, 1.807) is 0 Å². The third-order valence-electron chi connectivity index (χ3n) is 11.6. The number of rotatable bonds is 50. The van der Waals surface area contributed by atoms with Crippen LogP contribution >= 0.6 is 7.82 Å². The van der Waals surface area contributed by atoms with Gasteiger partial charge in [-0.3, -0.25) is 13.8 Å². The van der Waals surface area contributed by atoms with E-state index in [0.29, 0.717) is 24.1 Å². The smallest absolute Gasteiger partial charge is 0.457 e. The van der Waals surface area contributed by atoms with E-state index in [0.717, 1.165) is 70.6 Å². The molecule has 2 unspecified atom stereocenters. The maximum atomic E-state index is 12.8. The second-order valence-corrected chi connectivity index (χ2v) is 20.7. The van der Waals surface area contributed by atoms with Gasteiger partial charge in [0, 0.05) is 13.0 Å². The lowest BCUT2D eigenvalue weighted by molar-refractivity contribution is -0.870. The van der Waals surface area contributed by atoms with E-state index in [-0.39, 0.29) is 25.8 Å². The van der Waals surface area contributed by atoms with Gasteiger partial charge in [0.25, 0.3) is 0 Å². The Labute approximate surface area is 402 Å². The summed E-state index contributed by atoms with van der Waals surface area (Å²) in [6.07, 6.45) is 62.7. The summed E-state index contributed by atoms with van der Waals surface area (Å²) in [6, 6.07) is 0. The summed E-state index contributed by atoms with van der Waals surface area (Å²) < 4.78 is 35.2. The molecule has 0 saturated carbocycles. The van der Waals surface area contributed by atoms with Crippen LogP contribution in [0.15, 0.2) is 60.8 Å². The number of carbonyl (C=O) groups excluding carboxylic acids is 1. The van der Waals surface area contributed by atoms with E-state index < -0.39 is 13.9 Å². The summed E-state index contributed by atoms with van der Waals surface area (Å²) in [5.74, 6) is -0.318. The maximum absolute atomic E-state index is 12.8. The van der Waals surface area contributed by atoms with Crippen LogP contribution in [0.4, 0.5) is 0 Å². The number of ether oxygens (including phenoxy) is 2. The van der Waals surface area contributed by atoms with Crippen molar-refractivity contribution in [1.82, 2.24) is 0 Å². The number of nitrogens with zero attached hydrogens (tertiary/aromatic N) is 1. The van der Waals surface area contributed by atoms with Gasteiger partial charge in [-0.2, -0.15) is 0 Å². The molecular formula is C56H105NO7P+. The molecule has 0 amide bonds. The molecule has 380 valence electrons. The van der Waals surface area contributed by atoms with Crippen LogP contribution in [-0.4, -0.2) is 75.6 Å². The van der Waals surface area contributed by atoms with E-state index in [2.05, 4.69) is 74.6 Å². The Morgan fingerprint density at radius 3 is 1.34 bits per heavy atom. The Bertz CT molecular complexity index is 1220. The number of quaternary nitrogens is 1. The highest BCUT2D eigenvalue weighted by molar-refractivity contribution is 7.47. The molecule has 2 atom stereocenters. The third kappa shape index (κ3) is 53.0. The van der Waals surface area contributed by atoms with Crippen LogP contribution in [-0.2, 0) is 27.9 Å². The fourth-order valence-corrected chi connectivity index (χ4v) is 8.21. The van der Waals surface area contributed by atoms with E-state index in [4.69, 9.17) is 18.5 Å². The minimum atomic E-state index is -4.28. The molecule has 0 aliphatic carbocycles. The fourth-order valence-electron chi connectivity index (χ4n) is 7.46. The number of esters is 1. The third-order valence-corrected chi connectivity index (χ3v) is 12.6. The molecule has 0 aliphatic rings. The number of allylic oxidation sites excluding steroid dienone is 10. The molecule has 0 radical (unpaired) electrons. The first-order valence-corrected chi connectivity index (χ1v) is 28.5. The van der Waals surface area contributed by atoms with Crippen molar-refractivity contribution in [1.29, 1.82) is 0 Å². The maximum Gasteiger partial charge on any atom is 0.472 e. The van der Waals surface area contributed by atoms with E-state index in [1.807, 2.05) is 21.1 Å². The first-order valence-electron chi connectivity index (χ1n) is 27.0. The summed E-state index contributed by atoms with van der Waals surface area (Å²) >= 11 is 0. The highest BCUT2D eigenvalue weighted by atomic mass is 31.2. The Morgan fingerprint density at radius 1 is 0.492 bits per heavy atom. The fraction of sp³-hybridized carbons (Fsp3) is 0.804. The first kappa shape index (κ1) is 63.2. The average Bonchev–Trinajstić information content (AvgIpc) is 3.27. The van der Waals surface area contributed by atoms with Crippen LogP contribution in [0.2, 0.25) is 0 Å². The summed E-state index contributed by atoms with van der Waals surface area (Å²) in [5.41, 5.74) is 0. The van der Waals surface area contributed by atoms with Crippen LogP contribution in [0.3, 0.4) is 0 Å². The molecule has 8 nitrogen and oxygen atoms in total. The Balaban J connectivity index is 4.12. The van der Waals surface area contributed by atoms with Crippen molar-refractivity contribution in [2.24, 2.45) is 0 Å². The standard InChI is InChI=1S/C56H104NO7P/c1-6-8-10-12-14-16-18-20-22-24-26-27-28-29-30-31-32-33-35-37-39-41-43-45-47-49-56(58)64-55(54-63-65(59,60)62-52-50-57(3,4)5)53-61-51-48-46-44-42-40-38-36-34-25-23-21-19-17-15-13-11-9-7-2/h8,10,14,16,20,22,26-27,29-30,55H,6-7,9,11-13,15,17-19,21,23-25,28,31-54H2,1-5H3/p+1/b10-8-,16-14-,22-20-,27-26-,30-29-. The number of hydrogen-bond donors (Lipinski definition) is 1. The number of likely N-dealkylation sites (N-methyl/N-ethyl adjacent to an activating group) is 1. The number of hydrogen-bond acceptors (Lipinski definition) is 6. The second-order valence-electron chi connectivity index (χ2n) is 19.2. The van der Waals surface area contributed by atoms with Crippen molar-refractivity contribution in [3.8, 4) is 0 Å². The van der Waals surface area contributed by atoms with Gasteiger partial charge in [0.2, 0.25) is 0 Å². The normalized spacial score (nSPS) is 14.0. The zero-order valence-electron chi connectivity index (χ0n) is 43.2. The second kappa shape index (κ2) is 48.6. The lowest BCUT2D eigenvalue weighted by Crippen LogP contribution is -2.37. The van der Waals surface area contributed by atoms with Crippen LogP contribution in [0.1, 0.15) is 232 Å². The minimum absolute atomic E-state index is 0.0867. The molecule has 1 N–H and O–H groups in total. The van der Waals surface area contributed by atoms with Gasteiger partial charge in [-0.15, -0.1) is 0 Å². The number of phosphoric acid groups is 1. The van der Waals surface area contributed by atoms with Crippen LogP contribution in [0.25, 0.3) is 0 Å². The molecule has 0 spiro atoms. The average molecular weight is 935 g/mol. The van der Waals surface area contributed by atoms with Crippen molar-refractivity contribution in [2.45, 2.75) is 238 Å². The van der Waals surface area contributed by atoms with Gasteiger partial charge in [-0.25, -0.2) is 4.57 Å². The predicted octanol–water partition coefficient (Wildman–Crippen LogP) is 16.8. The summed E-state index contributed by atoms with van der Waals surface area (Å²) in [4.78, 5) is 23.0. The highest BCUT2D eigenvalue weighted by Crippen LogP contribution is 2.43. The quantitative estimate of drug-likeness (QED) is 0.0214. The van der Waals surface area contributed by atoms with Gasteiger partial charge >= 0.3 is 13.8 Å². The molecule has 0 fully saturated rings. The van der Waals surface area contributed by atoms with E-state index >= 15 is 0 Å². The molecule has 65 heavy (non-hydrogen) atoms. The summed E-state index contributed by atoms with van der Waals surface area (Å²) in [6.45, 7) is 5.54. The van der Waals surface area contributed by atoms with E-state index in [9.17, 15) is 14.3 Å². The van der Waals surface area contributed by atoms with Gasteiger partial charge < -0.3 is 18.9 Å². The van der Waals surface area contributed by atoms with Crippen LogP contribution in [0, 0.1) is 0 Å². The predicted molar refractivity (Wildman–Crippen MR) is 279 cm³/mol. The molecule has 9 heteroatoms. The van der Waals surface area contributed by atoms with Crippen molar-refractivity contribution >= 4 is 13.8 Å². The van der Waals surface area contributed by atoms with Crippen molar-refractivity contribution < 1.29 is 37.3 Å². The van der Waals surface area contributed by atoms with Gasteiger partial charge in [0.15, 0.2) is 0 Å². The summed E-state index contributed by atoms with van der Waals surface area (Å²) in [7, 11) is 1.67. The molecule has 0 heterocycles. The molecule has 0 aromatic rings. The number of phosphoric ester groups is 1. The SMILES string of the molecule is CC/C=C\C/C=C\C/C=C\C/C=C\C/C=C\CCCCCCCCCCCC(=O)OC(COCCCCCCCCCCCCCCCCCCCC)COP(=O)(O)OCC[N+](C)(C)C. The molecule has 0 saturated heterocycles. The number of unbranched alkanes of at least 4 members (excludes halogenated alkanes) is 26. The van der Waals surface area contributed by atoms with Gasteiger partial charge in [0.05, 0.1) is 34.4 Å². The van der Waals surface area contributed by atoms with Gasteiger partial charge in [0.1, 0.15) is 19.3 Å². The summed E-state index contributed by atoms with van der Waals surface area (Å²) in [5, 5.41) is 0. The zero-order valence-corrected chi connectivity index (χ0v) is 44.1. The largest absolute Gasteiger partial charge is 0.472 e. The molecule has 0 aromatic carbocycles. The lowest BCUT2D eigenvalue weighted by atomic mass is 10.0. The molecule has 0 aliphatic heterocycles. The Morgan fingerprint density at radius 2 is 0.892 bits per heavy atom. The van der Waals surface area contributed by atoms with E-state index in [1.165, 1.54) is 141 Å². The lowest BCUT2D eigenvalue weighted by Gasteiger charge is -2.24. The highest BCUT2D eigenvalue weighted by Gasteiger charge is 2.26.